The number of para-hydroxylation sites is 3. The Hall–Kier alpha value is -3.15. The minimum Gasteiger partial charge on any atom is -0.490 e. The molecule has 0 radical (unpaired) electrons. The first kappa shape index (κ1) is 16.7. The maximum atomic E-state index is 12.2. The largest absolute Gasteiger partial charge is 0.490 e. The van der Waals surface area contributed by atoms with Crippen molar-refractivity contribution >= 4 is 16.9 Å². The van der Waals surface area contributed by atoms with E-state index in [1.54, 1.807) is 41.1 Å². The molecule has 0 spiro atoms. The van der Waals surface area contributed by atoms with Crippen LogP contribution < -0.4 is 14.9 Å². The molecule has 128 valence electrons. The fourth-order valence-electron chi connectivity index (χ4n) is 2.52. The molecule has 1 heterocycles. The molecule has 0 aliphatic heterocycles. The van der Waals surface area contributed by atoms with Gasteiger partial charge in [-0.3, -0.25) is 14.3 Å². The molecule has 25 heavy (non-hydrogen) atoms. The quantitative estimate of drug-likeness (QED) is 0.510. The van der Waals surface area contributed by atoms with E-state index in [2.05, 4.69) is 5.10 Å². The van der Waals surface area contributed by atoms with Gasteiger partial charge in [0, 0.05) is 5.39 Å². The maximum Gasteiger partial charge on any atom is 0.313 e. The molecule has 3 rings (SSSR count). The number of carbonyl (C=O) groups excluding carboxylic acids is 1. The zero-order chi connectivity index (χ0) is 17.6. The van der Waals surface area contributed by atoms with Crippen molar-refractivity contribution in [1.82, 2.24) is 9.78 Å². The number of fused-ring (bicyclic) bond motifs is 1. The molecule has 0 fully saturated rings. The first-order valence-electron chi connectivity index (χ1n) is 8.06. The van der Waals surface area contributed by atoms with Gasteiger partial charge >= 0.3 is 5.97 Å². The Bertz CT molecular complexity index is 949. The summed E-state index contributed by atoms with van der Waals surface area (Å²) in [5.74, 6) is 0.536. The Labute approximate surface area is 144 Å². The van der Waals surface area contributed by atoms with E-state index in [9.17, 15) is 9.59 Å². The van der Waals surface area contributed by atoms with Crippen molar-refractivity contribution in [3.05, 3.63) is 65.0 Å². The maximum absolute atomic E-state index is 12.2. The number of carbonyl (C=O) groups is 1. The lowest BCUT2D eigenvalue weighted by atomic mass is 10.2. The molecular formula is C19H18N2O4. The Balaban J connectivity index is 1.71. The van der Waals surface area contributed by atoms with Crippen molar-refractivity contribution in [3.63, 3.8) is 0 Å². The highest BCUT2D eigenvalue weighted by molar-refractivity contribution is 5.78. The number of hydrogen-bond donors (Lipinski definition) is 0. The van der Waals surface area contributed by atoms with Gasteiger partial charge in [0.2, 0.25) is 5.43 Å². The van der Waals surface area contributed by atoms with E-state index in [0.29, 0.717) is 35.6 Å². The van der Waals surface area contributed by atoms with Gasteiger partial charge < -0.3 is 9.47 Å². The van der Waals surface area contributed by atoms with Gasteiger partial charge in [0.1, 0.15) is 0 Å². The molecule has 0 saturated carbocycles. The number of benzene rings is 2. The van der Waals surface area contributed by atoms with Crippen LogP contribution in [0.2, 0.25) is 0 Å². The smallest absolute Gasteiger partial charge is 0.313 e. The lowest BCUT2D eigenvalue weighted by molar-refractivity contribution is -0.134. The van der Waals surface area contributed by atoms with Crippen LogP contribution in [0.25, 0.3) is 10.9 Å². The molecule has 0 saturated heterocycles. The Morgan fingerprint density at radius 1 is 1.08 bits per heavy atom. The number of aryl methyl sites for hydroxylation is 1. The number of aromatic nitrogens is 2. The molecule has 6 heteroatoms. The monoisotopic (exact) mass is 338 g/mol. The standard InChI is InChI=1S/C19H18N2O4/c1-2-24-17-9-5-6-10-18(17)25-19(23)11-12-21-15-8-4-3-7-14(15)16(22)13-20-21/h3-10,13H,2,11-12H2,1H3. The predicted molar refractivity (Wildman–Crippen MR) is 93.9 cm³/mol. The summed E-state index contributed by atoms with van der Waals surface area (Å²) in [6.45, 7) is 2.67. The molecule has 0 N–H and O–H groups in total. The van der Waals surface area contributed by atoms with E-state index in [-0.39, 0.29) is 11.8 Å². The summed E-state index contributed by atoms with van der Waals surface area (Å²) in [7, 11) is 0. The molecule has 6 nitrogen and oxygen atoms in total. The fourth-order valence-corrected chi connectivity index (χ4v) is 2.52. The van der Waals surface area contributed by atoms with Crippen LogP contribution in [0.1, 0.15) is 13.3 Å². The van der Waals surface area contributed by atoms with Crippen molar-refractivity contribution in [1.29, 1.82) is 0 Å². The summed E-state index contributed by atoms with van der Waals surface area (Å²) in [6, 6.07) is 14.2. The molecule has 0 aliphatic rings. The average molecular weight is 338 g/mol. The number of ether oxygens (including phenoxy) is 2. The van der Waals surface area contributed by atoms with Gasteiger partial charge in [0.25, 0.3) is 0 Å². The fraction of sp³-hybridized carbons (Fsp3) is 0.211. The summed E-state index contributed by atoms with van der Waals surface area (Å²) in [4.78, 5) is 24.0. The van der Waals surface area contributed by atoms with Crippen molar-refractivity contribution in [2.45, 2.75) is 19.9 Å². The third-order valence-electron chi connectivity index (χ3n) is 3.66. The normalized spacial score (nSPS) is 10.6. The van der Waals surface area contributed by atoms with E-state index in [4.69, 9.17) is 9.47 Å². The second-order valence-corrected chi connectivity index (χ2v) is 5.35. The Kier molecular flexibility index (Phi) is 5.09. The molecule has 0 aliphatic carbocycles. The third-order valence-corrected chi connectivity index (χ3v) is 3.66. The SMILES string of the molecule is CCOc1ccccc1OC(=O)CCn1ncc(=O)c2ccccc21. The van der Waals surface area contributed by atoms with E-state index >= 15 is 0 Å². The summed E-state index contributed by atoms with van der Waals surface area (Å²) in [6.07, 6.45) is 1.39. The van der Waals surface area contributed by atoms with Gasteiger partial charge in [-0.15, -0.1) is 0 Å². The second-order valence-electron chi connectivity index (χ2n) is 5.35. The van der Waals surface area contributed by atoms with Crippen LogP contribution in [0.3, 0.4) is 0 Å². The van der Waals surface area contributed by atoms with E-state index < -0.39 is 5.97 Å². The lowest BCUT2D eigenvalue weighted by Gasteiger charge is -2.11. The van der Waals surface area contributed by atoms with Crippen LogP contribution in [-0.4, -0.2) is 22.4 Å². The molecule has 0 unspecified atom stereocenters. The molecule has 3 aromatic rings. The molecule has 2 aromatic carbocycles. The molecule has 0 amide bonds. The minimum atomic E-state index is -0.392. The topological polar surface area (TPSA) is 70.4 Å². The van der Waals surface area contributed by atoms with Crippen molar-refractivity contribution in [3.8, 4) is 11.5 Å². The van der Waals surface area contributed by atoms with Gasteiger partial charge in [-0.25, -0.2) is 0 Å². The van der Waals surface area contributed by atoms with Gasteiger partial charge in [-0.1, -0.05) is 24.3 Å². The lowest BCUT2D eigenvalue weighted by Crippen LogP contribution is -2.16. The number of nitrogens with zero attached hydrogens (tertiary/aromatic N) is 2. The zero-order valence-electron chi connectivity index (χ0n) is 13.8. The minimum absolute atomic E-state index is 0.125. The van der Waals surface area contributed by atoms with Gasteiger partial charge in [-0.05, 0) is 31.2 Å². The summed E-state index contributed by atoms with van der Waals surface area (Å²) < 4.78 is 12.5. The van der Waals surface area contributed by atoms with E-state index in [1.165, 1.54) is 6.20 Å². The van der Waals surface area contributed by atoms with Crippen LogP contribution in [0.4, 0.5) is 0 Å². The van der Waals surface area contributed by atoms with E-state index in [1.807, 2.05) is 19.1 Å². The molecule has 0 atom stereocenters. The first-order chi connectivity index (χ1) is 12.2. The van der Waals surface area contributed by atoms with Crippen molar-refractivity contribution < 1.29 is 14.3 Å². The average Bonchev–Trinajstić information content (AvgIpc) is 2.63. The van der Waals surface area contributed by atoms with Crippen molar-refractivity contribution in [2.75, 3.05) is 6.61 Å². The van der Waals surface area contributed by atoms with E-state index in [0.717, 1.165) is 0 Å². The zero-order valence-corrected chi connectivity index (χ0v) is 13.8. The predicted octanol–water partition coefficient (Wildman–Crippen LogP) is 2.79. The van der Waals surface area contributed by atoms with Gasteiger partial charge in [0.05, 0.1) is 31.3 Å². The summed E-state index contributed by atoms with van der Waals surface area (Å²) in [5.41, 5.74) is 0.553. The van der Waals surface area contributed by atoms with Crippen LogP contribution >= 0.6 is 0 Å². The Morgan fingerprint density at radius 3 is 2.60 bits per heavy atom. The first-order valence-corrected chi connectivity index (χ1v) is 8.06. The molecule has 1 aromatic heterocycles. The van der Waals surface area contributed by atoms with Crippen molar-refractivity contribution in [2.24, 2.45) is 0 Å². The highest BCUT2D eigenvalue weighted by Gasteiger charge is 2.11. The summed E-state index contributed by atoms with van der Waals surface area (Å²) >= 11 is 0. The molecular weight excluding hydrogens is 320 g/mol. The molecule has 0 bridgehead atoms. The summed E-state index contributed by atoms with van der Waals surface area (Å²) in [5, 5.41) is 4.68. The second kappa shape index (κ2) is 7.61. The number of esters is 1. The number of hydrogen-bond acceptors (Lipinski definition) is 5. The van der Waals surface area contributed by atoms with Gasteiger partial charge in [-0.2, -0.15) is 5.10 Å². The van der Waals surface area contributed by atoms with Crippen LogP contribution in [0, 0.1) is 0 Å². The number of rotatable bonds is 6. The van der Waals surface area contributed by atoms with Crippen LogP contribution in [-0.2, 0) is 11.3 Å². The van der Waals surface area contributed by atoms with Crippen LogP contribution in [0.15, 0.2) is 59.5 Å². The third kappa shape index (κ3) is 3.85. The van der Waals surface area contributed by atoms with Crippen LogP contribution in [0.5, 0.6) is 11.5 Å². The highest BCUT2D eigenvalue weighted by Crippen LogP contribution is 2.26. The highest BCUT2D eigenvalue weighted by atomic mass is 16.6. The van der Waals surface area contributed by atoms with Gasteiger partial charge in [0.15, 0.2) is 11.5 Å². The Morgan fingerprint density at radius 2 is 1.80 bits per heavy atom.